The predicted octanol–water partition coefficient (Wildman–Crippen LogP) is 4.74. The fourth-order valence-corrected chi connectivity index (χ4v) is 4.47. The van der Waals surface area contributed by atoms with Crippen LogP contribution in [0.1, 0.15) is 16.8 Å². The second kappa shape index (κ2) is 9.83. The van der Waals surface area contributed by atoms with Gasteiger partial charge >= 0.3 is 0 Å². The van der Waals surface area contributed by atoms with Crippen molar-refractivity contribution in [1.29, 1.82) is 0 Å². The van der Waals surface area contributed by atoms with Crippen LogP contribution in [0.3, 0.4) is 0 Å². The standard InChI is InChI=1S/C21H22ClN3O3S.ClH/c1-24(2)9-4-10-25(21-23-19-15(22)5-3-6-18(19)29-21)20(26)14-7-8-16-17(13-14)28-12-11-27-16;/h3,5-8,13H,4,9-12H2,1-2H3;1H. The molecule has 0 N–H and O–H groups in total. The zero-order valence-corrected chi connectivity index (χ0v) is 19.1. The van der Waals surface area contributed by atoms with Gasteiger partial charge in [0, 0.05) is 12.1 Å². The molecule has 1 amide bonds. The first-order valence-corrected chi connectivity index (χ1v) is 10.6. The summed E-state index contributed by atoms with van der Waals surface area (Å²) in [6, 6.07) is 11.0. The molecular formula is C21H23Cl2N3O3S. The molecule has 9 heteroatoms. The van der Waals surface area contributed by atoms with Crippen molar-refractivity contribution in [3.8, 4) is 11.5 Å². The summed E-state index contributed by atoms with van der Waals surface area (Å²) in [5, 5.41) is 1.23. The van der Waals surface area contributed by atoms with Crippen LogP contribution in [0.5, 0.6) is 11.5 Å². The average Bonchev–Trinajstić information content (AvgIpc) is 3.15. The second-order valence-electron chi connectivity index (χ2n) is 7.06. The molecular weight excluding hydrogens is 445 g/mol. The molecule has 3 aromatic rings. The molecule has 0 aliphatic carbocycles. The number of para-hydroxylation sites is 1. The van der Waals surface area contributed by atoms with Gasteiger partial charge in [0.2, 0.25) is 0 Å². The highest BCUT2D eigenvalue weighted by atomic mass is 35.5. The molecule has 0 bridgehead atoms. The summed E-state index contributed by atoms with van der Waals surface area (Å²) in [6.07, 6.45) is 0.826. The van der Waals surface area contributed by atoms with Gasteiger partial charge in [0.15, 0.2) is 16.6 Å². The van der Waals surface area contributed by atoms with E-state index < -0.39 is 0 Å². The molecule has 160 valence electrons. The molecule has 0 fully saturated rings. The van der Waals surface area contributed by atoms with Crippen molar-refractivity contribution in [2.75, 3.05) is 45.3 Å². The van der Waals surface area contributed by atoms with Gasteiger partial charge in [-0.25, -0.2) is 4.98 Å². The molecule has 1 aromatic heterocycles. The van der Waals surface area contributed by atoms with Gasteiger partial charge in [-0.2, -0.15) is 0 Å². The molecule has 0 spiro atoms. The minimum atomic E-state index is -0.115. The lowest BCUT2D eigenvalue weighted by Gasteiger charge is -2.23. The summed E-state index contributed by atoms with van der Waals surface area (Å²) in [5.41, 5.74) is 1.27. The Kier molecular flexibility index (Phi) is 7.41. The van der Waals surface area contributed by atoms with Crippen molar-refractivity contribution in [2.24, 2.45) is 0 Å². The van der Waals surface area contributed by atoms with Crippen LogP contribution < -0.4 is 14.4 Å². The number of carbonyl (C=O) groups excluding carboxylic acids is 1. The quantitative estimate of drug-likeness (QED) is 0.523. The molecule has 1 aliphatic heterocycles. The van der Waals surface area contributed by atoms with Crippen molar-refractivity contribution < 1.29 is 14.3 Å². The summed E-state index contributed by atoms with van der Waals surface area (Å²) in [6.45, 7) is 2.43. The number of nitrogens with zero attached hydrogens (tertiary/aromatic N) is 3. The van der Waals surface area contributed by atoms with Crippen LogP contribution in [0.4, 0.5) is 5.13 Å². The van der Waals surface area contributed by atoms with E-state index in [1.165, 1.54) is 11.3 Å². The summed E-state index contributed by atoms with van der Waals surface area (Å²) < 4.78 is 12.2. The first-order valence-electron chi connectivity index (χ1n) is 9.44. The van der Waals surface area contributed by atoms with E-state index in [1.54, 1.807) is 23.1 Å². The summed E-state index contributed by atoms with van der Waals surface area (Å²) >= 11 is 7.77. The third kappa shape index (κ3) is 4.81. The number of thiazole rings is 1. The summed E-state index contributed by atoms with van der Waals surface area (Å²) in [7, 11) is 4.04. The lowest BCUT2D eigenvalue weighted by molar-refractivity contribution is 0.0984. The molecule has 2 aromatic carbocycles. The number of amides is 1. The molecule has 0 atom stereocenters. The highest BCUT2D eigenvalue weighted by Crippen LogP contribution is 2.35. The number of ether oxygens (including phenoxy) is 2. The van der Waals surface area contributed by atoms with Crippen LogP contribution in [0.15, 0.2) is 36.4 Å². The lowest BCUT2D eigenvalue weighted by Crippen LogP contribution is -2.33. The fraction of sp³-hybridized carbons (Fsp3) is 0.333. The molecule has 6 nitrogen and oxygen atoms in total. The van der Waals surface area contributed by atoms with Crippen molar-refractivity contribution >= 4 is 56.6 Å². The Hall–Kier alpha value is -2.06. The van der Waals surface area contributed by atoms with E-state index in [-0.39, 0.29) is 18.3 Å². The van der Waals surface area contributed by atoms with E-state index in [0.29, 0.717) is 47.0 Å². The second-order valence-corrected chi connectivity index (χ2v) is 8.47. The van der Waals surface area contributed by atoms with E-state index in [2.05, 4.69) is 9.88 Å². The smallest absolute Gasteiger partial charge is 0.260 e. The number of fused-ring (bicyclic) bond motifs is 2. The molecule has 1 aliphatic rings. The van der Waals surface area contributed by atoms with Gasteiger partial charge in [-0.3, -0.25) is 9.69 Å². The largest absolute Gasteiger partial charge is 0.486 e. The molecule has 4 rings (SSSR count). The predicted molar refractivity (Wildman–Crippen MR) is 124 cm³/mol. The molecule has 2 heterocycles. The highest BCUT2D eigenvalue weighted by Gasteiger charge is 2.23. The first kappa shape index (κ1) is 22.6. The topological polar surface area (TPSA) is 54.9 Å². The lowest BCUT2D eigenvalue weighted by atomic mass is 10.1. The van der Waals surface area contributed by atoms with Crippen LogP contribution in [0.25, 0.3) is 10.2 Å². The maximum Gasteiger partial charge on any atom is 0.260 e. The van der Waals surface area contributed by atoms with E-state index in [0.717, 1.165) is 23.2 Å². The van der Waals surface area contributed by atoms with Crippen molar-refractivity contribution in [2.45, 2.75) is 6.42 Å². The van der Waals surface area contributed by atoms with Crippen LogP contribution >= 0.6 is 35.3 Å². The van der Waals surface area contributed by atoms with Gasteiger partial charge in [0.1, 0.15) is 18.7 Å². The third-order valence-electron chi connectivity index (χ3n) is 4.61. The highest BCUT2D eigenvalue weighted by molar-refractivity contribution is 7.22. The van der Waals surface area contributed by atoms with Gasteiger partial charge in [0.25, 0.3) is 5.91 Å². The van der Waals surface area contributed by atoms with Gasteiger partial charge in [-0.05, 0) is 57.4 Å². The zero-order valence-electron chi connectivity index (χ0n) is 16.8. The van der Waals surface area contributed by atoms with E-state index in [4.69, 9.17) is 21.1 Å². The van der Waals surface area contributed by atoms with Crippen LogP contribution in [-0.4, -0.2) is 56.2 Å². The van der Waals surface area contributed by atoms with E-state index >= 15 is 0 Å². The molecule has 0 radical (unpaired) electrons. The molecule has 0 saturated heterocycles. The van der Waals surface area contributed by atoms with Crippen molar-refractivity contribution in [3.63, 3.8) is 0 Å². The maximum atomic E-state index is 13.4. The first-order chi connectivity index (χ1) is 14.0. The Labute approximate surface area is 190 Å². The molecule has 30 heavy (non-hydrogen) atoms. The van der Waals surface area contributed by atoms with Gasteiger partial charge in [-0.15, -0.1) is 12.4 Å². The number of rotatable bonds is 6. The van der Waals surface area contributed by atoms with Crippen molar-refractivity contribution in [1.82, 2.24) is 9.88 Å². The number of carbonyl (C=O) groups is 1. The Morgan fingerprint density at radius 2 is 1.90 bits per heavy atom. The summed E-state index contributed by atoms with van der Waals surface area (Å²) in [4.78, 5) is 21.9. The minimum absolute atomic E-state index is 0. The maximum absolute atomic E-state index is 13.4. The Morgan fingerprint density at radius 3 is 2.63 bits per heavy atom. The number of hydrogen-bond donors (Lipinski definition) is 0. The van der Waals surface area contributed by atoms with Gasteiger partial charge in [-0.1, -0.05) is 29.0 Å². The van der Waals surface area contributed by atoms with Crippen LogP contribution in [0, 0.1) is 0 Å². The minimum Gasteiger partial charge on any atom is -0.486 e. The number of halogens is 2. The zero-order chi connectivity index (χ0) is 20.4. The molecule has 0 unspecified atom stereocenters. The number of hydrogen-bond acceptors (Lipinski definition) is 6. The normalized spacial score (nSPS) is 12.7. The average molecular weight is 468 g/mol. The van der Waals surface area contributed by atoms with Crippen LogP contribution in [-0.2, 0) is 0 Å². The van der Waals surface area contributed by atoms with Gasteiger partial charge < -0.3 is 14.4 Å². The van der Waals surface area contributed by atoms with E-state index in [1.807, 2.05) is 32.3 Å². The van der Waals surface area contributed by atoms with E-state index in [9.17, 15) is 4.79 Å². The number of benzene rings is 2. The SMILES string of the molecule is CN(C)CCCN(C(=O)c1ccc2c(c1)OCCO2)c1nc2c(Cl)cccc2s1.Cl. The number of aromatic nitrogens is 1. The Morgan fingerprint density at radius 1 is 1.13 bits per heavy atom. The van der Waals surface area contributed by atoms with Crippen LogP contribution in [0.2, 0.25) is 5.02 Å². The van der Waals surface area contributed by atoms with Crippen molar-refractivity contribution in [3.05, 3.63) is 47.0 Å². The summed E-state index contributed by atoms with van der Waals surface area (Å²) in [5.74, 6) is 1.15. The fourth-order valence-electron chi connectivity index (χ4n) is 3.18. The Bertz CT molecular complexity index is 1040. The number of anilines is 1. The molecule has 0 saturated carbocycles. The van der Waals surface area contributed by atoms with Gasteiger partial charge in [0.05, 0.1) is 9.72 Å². The monoisotopic (exact) mass is 467 g/mol. The third-order valence-corrected chi connectivity index (χ3v) is 5.96. The Balaban J connectivity index is 0.00000256.